The maximum Gasteiger partial charge on any atom is 0.237 e. The molecule has 4 N–H and O–H groups in total. The van der Waals surface area contributed by atoms with Gasteiger partial charge in [-0.3, -0.25) is 9.69 Å². The number of carbonyl (C=O) groups is 1. The number of hydrogen-bond donors (Lipinski definition) is 3. The van der Waals surface area contributed by atoms with Crippen LogP contribution in [0.4, 0.5) is 0 Å². The summed E-state index contributed by atoms with van der Waals surface area (Å²) in [6.45, 7) is 4.79. The lowest BCUT2D eigenvalue weighted by atomic mass is 10.1. The number of benzene rings is 1. The first kappa shape index (κ1) is 16.0. The number of para-hydroxylation sites is 1. The van der Waals surface area contributed by atoms with E-state index >= 15 is 0 Å². The lowest BCUT2D eigenvalue weighted by molar-refractivity contribution is -0.122. The third-order valence-corrected chi connectivity index (χ3v) is 4.62. The molecule has 1 fully saturated rings. The van der Waals surface area contributed by atoms with Gasteiger partial charge in [-0.1, -0.05) is 25.1 Å². The topological polar surface area (TPSA) is 74.2 Å². The van der Waals surface area contributed by atoms with Crippen LogP contribution in [0.25, 0.3) is 10.9 Å². The number of nitrogens with one attached hydrogen (secondary N) is 2. The predicted molar refractivity (Wildman–Crippen MR) is 93.3 cm³/mol. The molecule has 0 aliphatic heterocycles. The van der Waals surface area contributed by atoms with Gasteiger partial charge in [0.15, 0.2) is 0 Å². The number of fused-ring (bicyclic) bond motifs is 1. The van der Waals surface area contributed by atoms with E-state index in [4.69, 9.17) is 5.73 Å². The normalized spacial score (nSPS) is 16.0. The number of nitrogens with zero attached hydrogens (tertiary/aromatic N) is 1. The van der Waals surface area contributed by atoms with Gasteiger partial charge in [0.05, 0.1) is 6.04 Å². The van der Waals surface area contributed by atoms with Crippen molar-refractivity contribution in [1.82, 2.24) is 15.2 Å². The van der Waals surface area contributed by atoms with Crippen LogP contribution in [0.2, 0.25) is 0 Å². The molecule has 0 saturated heterocycles. The summed E-state index contributed by atoms with van der Waals surface area (Å²) in [5.74, 6) is -0.0675. The highest BCUT2D eigenvalue weighted by Crippen LogP contribution is 2.25. The minimum Gasteiger partial charge on any atom is -0.361 e. The molecular weight excluding hydrogens is 288 g/mol. The Morgan fingerprint density at radius 1 is 1.43 bits per heavy atom. The highest BCUT2D eigenvalue weighted by atomic mass is 16.2. The van der Waals surface area contributed by atoms with E-state index in [9.17, 15) is 4.79 Å². The fourth-order valence-corrected chi connectivity index (χ4v) is 3.12. The first-order valence-electron chi connectivity index (χ1n) is 8.51. The smallest absolute Gasteiger partial charge is 0.237 e. The summed E-state index contributed by atoms with van der Waals surface area (Å²) in [6, 6.07) is 8.31. The number of carbonyl (C=O) groups excluding carboxylic acids is 1. The summed E-state index contributed by atoms with van der Waals surface area (Å²) in [6.07, 6.45) is 5.09. The third kappa shape index (κ3) is 3.92. The molecule has 1 atom stereocenters. The molecule has 1 aliphatic rings. The Labute approximate surface area is 137 Å². The van der Waals surface area contributed by atoms with E-state index in [1.54, 1.807) is 0 Å². The van der Waals surface area contributed by atoms with Crippen LogP contribution in [0, 0.1) is 0 Å². The zero-order valence-electron chi connectivity index (χ0n) is 13.7. The molecule has 2 aromatic rings. The van der Waals surface area contributed by atoms with Gasteiger partial charge in [0.1, 0.15) is 0 Å². The molecule has 0 bridgehead atoms. The van der Waals surface area contributed by atoms with Gasteiger partial charge in [-0.15, -0.1) is 0 Å². The zero-order chi connectivity index (χ0) is 16.2. The van der Waals surface area contributed by atoms with Crippen LogP contribution in [-0.2, 0) is 11.2 Å². The van der Waals surface area contributed by atoms with Crippen molar-refractivity contribution >= 4 is 16.8 Å². The number of aromatic amines is 1. The molecule has 1 aromatic carbocycles. The van der Waals surface area contributed by atoms with Gasteiger partial charge in [-0.25, -0.2) is 0 Å². The first-order valence-corrected chi connectivity index (χ1v) is 8.51. The fourth-order valence-electron chi connectivity index (χ4n) is 3.12. The molecule has 5 heteroatoms. The van der Waals surface area contributed by atoms with Crippen molar-refractivity contribution in [2.45, 2.75) is 38.3 Å². The Morgan fingerprint density at radius 3 is 2.96 bits per heavy atom. The monoisotopic (exact) mass is 314 g/mol. The van der Waals surface area contributed by atoms with Crippen LogP contribution in [0.1, 0.15) is 25.3 Å². The van der Waals surface area contributed by atoms with Crippen LogP contribution < -0.4 is 11.1 Å². The minimum absolute atomic E-state index is 0.0675. The molecule has 1 heterocycles. The molecule has 5 nitrogen and oxygen atoms in total. The fraction of sp³-hybridized carbons (Fsp3) is 0.500. The summed E-state index contributed by atoms with van der Waals surface area (Å²) < 4.78 is 0. The molecule has 1 saturated carbocycles. The molecule has 1 aliphatic carbocycles. The van der Waals surface area contributed by atoms with E-state index in [0.29, 0.717) is 13.0 Å². The number of H-pyrrole nitrogens is 1. The molecule has 1 amide bonds. The third-order valence-electron chi connectivity index (χ3n) is 4.62. The predicted octanol–water partition coefficient (Wildman–Crippen LogP) is 1.64. The standard InChI is InChI=1S/C18H26N4O/c1-2-22(14-7-8-14)10-9-20-18(23)16(19)11-13-12-21-17-6-4-3-5-15(13)17/h3-6,12,14,16,21H,2,7-11,19H2,1H3,(H,20,23)/t16-/m0/s1. The van der Waals surface area contributed by atoms with Gasteiger partial charge < -0.3 is 16.0 Å². The van der Waals surface area contributed by atoms with Crippen molar-refractivity contribution < 1.29 is 4.79 Å². The van der Waals surface area contributed by atoms with Gasteiger partial charge in [-0.2, -0.15) is 0 Å². The average Bonchev–Trinajstić information content (AvgIpc) is 3.33. The van der Waals surface area contributed by atoms with Gasteiger partial charge in [0, 0.05) is 36.2 Å². The van der Waals surface area contributed by atoms with Gasteiger partial charge in [-0.05, 0) is 37.4 Å². The lowest BCUT2D eigenvalue weighted by Crippen LogP contribution is -2.44. The van der Waals surface area contributed by atoms with Crippen LogP contribution in [0.15, 0.2) is 30.5 Å². The molecule has 0 spiro atoms. The Balaban J connectivity index is 1.49. The van der Waals surface area contributed by atoms with Crippen LogP contribution in [-0.4, -0.2) is 47.5 Å². The number of hydrogen-bond acceptors (Lipinski definition) is 3. The Hall–Kier alpha value is -1.85. The van der Waals surface area contributed by atoms with Gasteiger partial charge >= 0.3 is 0 Å². The van der Waals surface area contributed by atoms with E-state index in [-0.39, 0.29) is 5.91 Å². The zero-order valence-corrected chi connectivity index (χ0v) is 13.7. The van der Waals surface area contributed by atoms with E-state index < -0.39 is 6.04 Å². The van der Waals surface area contributed by atoms with Gasteiger partial charge in [0.25, 0.3) is 0 Å². The van der Waals surface area contributed by atoms with Crippen molar-refractivity contribution in [3.63, 3.8) is 0 Å². The maximum atomic E-state index is 12.2. The average molecular weight is 314 g/mol. The van der Waals surface area contributed by atoms with E-state index in [1.165, 1.54) is 12.8 Å². The molecule has 0 unspecified atom stereocenters. The van der Waals surface area contributed by atoms with Crippen molar-refractivity contribution in [1.29, 1.82) is 0 Å². The van der Waals surface area contributed by atoms with E-state index in [2.05, 4.69) is 28.2 Å². The van der Waals surface area contributed by atoms with E-state index in [0.717, 1.165) is 35.6 Å². The molecule has 124 valence electrons. The van der Waals surface area contributed by atoms with Crippen molar-refractivity contribution in [2.24, 2.45) is 5.73 Å². The highest BCUT2D eigenvalue weighted by molar-refractivity contribution is 5.86. The Bertz CT molecular complexity index is 662. The van der Waals surface area contributed by atoms with Crippen molar-refractivity contribution in [2.75, 3.05) is 19.6 Å². The summed E-state index contributed by atoms with van der Waals surface area (Å²) in [5, 5.41) is 4.11. The molecule has 0 radical (unpaired) electrons. The lowest BCUT2D eigenvalue weighted by Gasteiger charge is -2.20. The van der Waals surface area contributed by atoms with Crippen LogP contribution in [0.5, 0.6) is 0 Å². The minimum atomic E-state index is -0.509. The number of rotatable bonds is 8. The number of likely N-dealkylation sites (N-methyl/N-ethyl adjacent to an activating group) is 1. The van der Waals surface area contributed by atoms with Gasteiger partial charge in [0.2, 0.25) is 5.91 Å². The second-order valence-corrected chi connectivity index (χ2v) is 6.32. The van der Waals surface area contributed by atoms with Crippen LogP contribution >= 0.6 is 0 Å². The second-order valence-electron chi connectivity index (χ2n) is 6.32. The second kappa shape index (κ2) is 7.15. The molecule has 23 heavy (non-hydrogen) atoms. The molecule has 1 aromatic heterocycles. The summed E-state index contributed by atoms with van der Waals surface area (Å²) in [7, 11) is 0. The Kier molecular flexibility index (Phi) is 4.98. The molecule has 3 rings (SSSR count). The SMILES string of the molecule is CCN(CCNC(=O)[C@@H](N)Cc1c[nH]c2ccccc12)C1CC1. The quantitative estimate of drug-likeness (QED) is 0.693. The number of amides is 1. The summed E-state index contributed by atoms with van der Waals surface area (Å²) in [4.78, 5) is 17.8. The van der Waals surface area contributed by atoms with Crippen molar-refractivity contribution in [3.8, 4) is 0 Å². The van der Waals surface area contributed by atoms with Crippen LogP contribution in [0.3, 0.4) is 0 Å². The first-order chi connectivity index (χ1) is 11.2. The molecular formula is C18H26N4O. The van der Waals surface area contributed by atoms with E-state index in [1.807, 2.05) is 24.4 Å². The summed E-state index contributed by atoms with van der Waals surface area (Å²) in [5.41, 5.74) is 8.26. The summed E-state index contributed by atoms with van der Waals surface area (Å²) >= 11 is 0. The highest BCUT2D eigenvalue weighted by Gasteiger charge is 2.27. The largest absolute Gasteiger partial charge is 0.361 e. The van der Waals surface area contributed by atoms with Crippen molar-refractivity contribution in [3.05, 3.63) is 36.0 Å². The maximum absolute atomic E-state index is 12.2. The number of nitrogens with two attached hydrogens (primary N) is 1. The Morgan fingerprint density at radius 2 is 2.22 bits per heavy atom. The number of aromatic nitrogens is 1.